The van der Waals surface area contributed by atoms with Crippen molar-refractivity contribution in [2.24, 2.45) is 0 Å². The molecule has 1 amide bonds. The van der Waals surface area contributed by atoms with Crippen molar-refractivity contribution in [1.82, 2.24) is 9.88 Å². The first-order valence-corrected chi connectivity index (χ1v) is 10.5. The number of ketones is 1. The average molecular weight is 467 g/mol. The molecule has 0 saturated carbocycles. The lowest BCUT2D eigenvalue weighted by Gasteiger charge is -2.25. The third-order valence-corrected chi connectivity index (χ3v) is 5.87. The Morgan fingerprint density at radius 3 is 2.48 bits per heavy atom. The highest BCUT2D eigenvalue weighted by molar-refractivity contribution is 6.47. The first-order chi connectivity index (χ1) is 15.9. The molecule has 1 unspecified atom stereocenters. The fourth-order valence-corrected chi connectivity index (χ4v) is 4.07. The molecular formula is C25H20ClFN2O4. The molecule has 1 aliphatic heterocycles. The van der Waals surface area contributed by atoms with Crippen LogP contribution in [0.2, 0.25) is 5.02 Å². The van der Waals surface area contributed by atoms with Gasteiger partial charge in [-0.25, -0.2) is 4.39 Å². The maximum atomic E-state index is 13.2. The molecule has 0 bridgehead atoms. The zero-order chi connectivity index (χ0) is 23.5. The number of pyridine rings is 1. The molecule has 6 nitrogen and oxygen atoms in total. The van der Waals surface area contributed by atoms with Gasteiger partial charge in [-0.15, -0.1) is 0 Å². The number of hydrogen-bond acceptors (Lipinski definition) is 5. The standard InChI is InChI=1S/C25H20ClFN2O4/c1-33-18-6-7-20(26)19(14-18)23(30)21-22(16-8-11-28-12-9-16)29(25(32)24(21)31)13-10-15-2-4-17(27)5-3-15/h2-9,11-12,14,22,30H,10,13H2,1H3/b23-21+. The van der Waals surface area contributed by atoms with E-state index < -0.39 is 17.7 Å². The molecule has 0 radical (unpaired) electrons. The largest absolute Gasteiger partial charge is 0.507 e. The van der Waals surface area contributed by atoms with Crippen LogP contribution in [0.5, 0.6) is 5.75 Å². The number of aromatic nitrogens is 1. The smallest absolute Gasteiger partial charge is 0.295 e. The van der Waals surface area contributed by atoms with Crippen LogP contribution in [0.25, 0.3) is 5.76 Å². The summed E-state index contributed by atoms with van der Waals surface area (Å²) < 4.78 is 18.5. The summed E-state index contributed by atoms with van der Waals surface area (Å²) in [5, 5.41) is 11.4. The molecule has 1 saturated heterocycles. The van der Waals surface area contributed by atoms with Crippen LogP contribution in [0.15, 0.2) is 72.6 Å². The Hall–Kier alpha value is -3.71. The summed E-state index contributed by atoms with van der Waals surface area (Å²) in [6.07, 6.45) is 3.50. The topological polar surface area (TPSA) is 79.7 Å². The number of methoxy groups -OCH3 is 1. The van der Waals surface area contributed by atoms with Gasteiger partial charge in [-0.2, -0.15) is 0 Å². The van der Waals surface area contributed by atoms with Crippen molar-refractivity contribution in [3.05, 3.63) is 100 Å². The van der Waals surface area contributed by atoms with Gasteiger partial charge in [-0.05, 0) is 60.0 Å². The van der Waals surface area contributed by atoms with E-state index in [0.717, 1.165) is 5.56 Å². The van der Waals surface area contributed by atoms with Crippen molar-refractivity contribution >= 4 is 29.1 Å². The van der Waals surface area contributed by atoms with E-state index in [1.54, 1.807) is 48.8 Å². The fourth-order valence-electron chi connectivity index (χ4n) is 3.86. The van der Waals surface area contributed by atoms with E-state index in [9.17, 15) is 19.1 Å². The number of amides is 1. The Morgan fingerprint density at radius 2 is 1.82 bits per heavy atom. The lowest BCUT2D eigenvalue weighted by molar-refractivity contribution is -0.139. The van der Waals surface area contributed by atoms with E-state index in [4.69, 9.17) is 16.3 Å². The molecule has 33 heavy (non-hydrogen) atoms. The van der Waals surface area contributed by atoms with Gasteiger partial charge in [0, 0.05) is 24.5 Å². The number of benzene rings is 2. The number of aliphatic hydroxyl groups is 1. The quantitative estimate of drug-likeness (QED) is 0.327. The highest BCUT2D eigenvalue weighted by atomic mass is 35.5. The zero-order valence-corrected chi connectivity index (χ0v) is 18.4. The van der Waals surface area contributed by atoms with Gasteiger partial charge in [0.05, 0.1) is 23.7 Å². The van der Waals surface area contributed by atoms with Gasteiger partial charge in [0.1, 0.15) is 17.3 Å². The van der Waals surface area contributed by atoms with Crippen LogP contribution in [-0.2, 0) is 16.0 Å². The normalized spacial score (nSPS) is 17.4. The summed E-state index contributed by atoms with van der Waals surface area (Å²) in [7, 11) is 1.47. The number of nitrogens with zero attached hydrogens (tertiary/aromatic N) is 2. The number of ether oxygens (including phenoxy) is 1. The molecule has 0 aliphatic carbocycles. The van der Waals surface area contributed by atoms with E-state index in [1.165, 1.54) is 30.2 Å². The molecule has 1 aliphatic rings. The number of hydrogen-bond donors (Lipinski definition) is 1. The fraction of sp³-hybridized carbons (Fsp3) is 0.160. The molecule has 1 N–H and O–H groups in total. The SMILES string of the molecule is COc1ccc(Cl)c(/C(O)=C2\C(=O)C(=O)N(CCc3ccc(F)cc3)C2c2ccncc2)c1. The predicted octanol–water partition coefficient (Wildman–Crippen LogP) is 4.55. The molecule has 4 rings (SSSR count). The van der Waals surface area contributed by atoms with Crippen molar-refractivity contribution in [3.63, 3.8) is 0 Å². The van der Waals surface area contributed by atoms with E-state index in [0.29, 0.717) is 17.7 Å². The highest BCUT2D eigenvalue weighted by Crippen LogP contribution is 2.41. The summed E-state index contributed by atoms with van der Waals surface area (Å²) in [6.45, 7) is 0.186. The van der Waals surface area contributed by atoms with Crippen molar-refractivity contribution in [2.45, 2.75) is 12.5 Å². The summed E-state index contributed by atoms with van der Waals surface area (Å²) in [5.74, 6) is -1.85. The van der Waals surface area contributed by atoms with Crippen molar-refractivity contribution < 1.29 is 23.8 Å². The summed E-state index contributed by atoms with van der Waals surface area (Å²) in [6, 6.07) is 13.1. The molecular weight excluding hydrogens is 447 g/mol. The molecule has 0 spiro atoms. The van der Waals surface area contributed by atoms with Crippen LogP contribution in [0.4, 0.5) is 4.39 Å². The molecule has 1 fully saturated rings. The second kappa shape index (κ2) is 9.42. The number of carbonyl (C=O) groups is 2. The van der Waals surface area contributed by atoms with Crippen LogP contribution < -0.4 is 4.74 Å². The minimum absolute atomic E-state index is 0.0690. The van der Waals surface area contributed by atoms with Crippen LogP contribution in [-0.4, -0.2) is 40.3 Å². The monoisotopic (exact) mass is 466 g/mol. The second-order valence-corrected chi connectivity index (χ2v) is 7.90. The maximum Gasteiger partial charge on any atom is 0.295 e. The Bertz CT molecular complexity index is 1230. The van der Waals surface area contributed by atoms with Gasteiger partial charge < -0.3 is 14.7 Å². The van der Waals surface area contributed by atoms with Crippen molar-refractivity contribution in [2.75, 3.05) is 13.7 Å². The van der Waals surface area contributed by atoms with Gasteiger partial charge in [0.2, 0.25) is 0 Å². The van der Waals surface area contributed by atoms with Gasteiger partial charge >= 0.3 is 0 Å². The molecule has 2 aromatic carbocycles. The van der Waals surface area contributed by atoms with Gasteiger partial charge in [0.15, 0.2) is 0 Å². The van der Waals surface area contributed by atoms with Gasteiger partial charge in [-0.3, -0.25) is 14.6 Å². The Labute approximate surface area is 194 Å². The second-order valence-electron chi connectivity index (χ2n) is 7.50. The van der Waals surface area contributed by atoms with E-state index in [-0.39, 0.29) is 34.3 Å². The van der Waals surface area contributed by atoms with Crippen molar-refractivity contribution in [1.29, 1.82) is 0 Å². The lowest BCUT2D eigenvalue weighted by atomic mass is 9.95. The molecule has 8 heteroatoms. The molecule has 1 atom stereocenters. The minimum atomic E-state index is -0.837. The maximum absolute atomic E-state index is 13.2. The Morgan fingerprint density at radius 1 is 1.12 bits per heavy atom. The summed E-state index contributed by atoms with van der Waals surface area (Å²) in [4.78, 5) is 31.5. The number of Topliss-reactive ketones (excluding diaryl/α,β-unsaturated/α-hetero) is 1. The van der Waals surface area contributed by atoms with Crippen LogP contribution in [0.3, 0.4) is 0 Å². The molecule has 168 valence electrons. The predicted molar refractivity (Wildman–Crippen MR) is 121 cm³/mol. The third-order valence-electron chi connectivity index (χ3n) is 5.55. The van der Waals surface area contributed by atoms with E-state index >= 15 is 0 Å². The lowest BCUT2D eigenvalue weighted by Crippen LogP contribution is -2.31. The first-order valence-electron chi connectivity index (χ1n) is 10.2. The Kier molecular flexibility index (Phi) is 6.42. The number of likely N-dealkylation sites (tertiary alicyclic amines) is 1. The molecule has 1 aromatic heterocycles. The highest BCUT2D eigenvalue weighted by Gasteiger charge is 2.46. The summed E-state index contributed by atoms with van der Waals surface area (Å²) >= 11 is 6.29. The van der Waals surface area contributed by atoms with Crippen LogP contribution in [0.1, 0.15) is 22.7 Å². The molecule has 2 heterocycles. The third kappa shape index (κ3) is 4.45. The number of rotatable bonds is 6. The number of halogens is 2. The Balaban J connectivity index is 1.79. The number of aliphatic hydroxyl groups excluding tert-OH is 1. The van der Waals surface area contributed by atoms with Gasteiger partial charge in [-0.1, -0.05) is 23.7 Å². The van der Waals surface area contributed by atoms with Crippen LogP contribution in [0, 0.1) is 5.82 Å². The van der Waals surface area contributed by atoms with Gasteiger partial charge in [0.25, 0.3) is 11.7 Å². The van der Waals surface area contributed by atoms with E-state index in [1.807, 2.05) is 0 Å². The van der Waals surface area contributed by atoms with Crippen molar-refractivity contribution in [3.8, 4) is 5.75 Å². The zero-order valence-electron chi connectivity index (χ0n) is 17.7. The molecule has 3 aromatic rings. The minimum Gasteiger partial charge on any atom is -0.507 e. The van der Waals surface area contributed by atoms with Crippen LogP contribution >= 0.6 is 11.6 Å². The van der Waals surface area contributed by atoms with E-state index in [2.05, 4.69) is 4.98 Å². The number of carbonyl (C=O) groups excluding carboxylic acids is 2. The first kappa shape index (κ1) is 22.5. The average Bonchev–Trinajstić information content (AvgIpc) is 3.09. The summed E-state index contributed by atoms with van der Waals surface area (Å²) in [5.41, 5.74) is 1.54.